The van der Waals surface area contributed by atoms with E-state index in [1.54, 1.807) is 18.2 Å². The van der Waals surface area contributed by atoms with Gasteiger partial charge in [0.2, 0.25) is 0 Å². The van der Waals surface area contributed by atoms with E-state index in [-0.39, 0.29) is 0 Å². The molecule has 0 spiro atoms. The number of hydrazine groups is 1. The van der Waals surface area contributed by atoms with E-state index in [1.807, 2.05) is 0 Å². The second kappa shape index (κ2) is 6.73. The molecule has 1 heterocycles. The molecule has 100 valence electrons. The number of halogens is 2. The van der Waals surface area contributed by atoms with Gasteiger partial charge in [-0.05, 0) is 31.0 Å². The molecule has 1 aromatic rings. The number of hydrogen-bond donors (Lipinski definition) is 2. The van der Waals surface area contributed by atoms with Crippen molar-refractivity contribution in [3.63, 3.8) is 0 Å². The van der Waals surface area contributed by atoms with E-state index in [0.717, 1.165) is 13.1 Å². The van der Waals surface area contributed by atoms with Crippen LogP contribution in [0.15, 0.2) is 18.2 Å². The molecule has 0 aliphatic carbocycles. The first kappa shape index (κ1) is 14.1. The van der Waals surface area contributed by atoms with Crippen molar-refractivity contribution in [2.45, 2.75) is 25.4 Å². The fourth-order valence-corrected chi connectivity index (χ4v) is 2.57. The Balaban J connectivity index is 1.90. The van der Waals surface area contributed by atoms with Crippen LogP contribution in [-0.4, -0.2) is 29.7 Å². The Morgan fingerprint density at radius 1 is 1.22 bits per heavy atom. The van der Waals surface area contributed by atoms with Gasteiger partial charge < -0.3 is 5.11 Å². The van der Waals surface area contributed by atoms with Crippen LogP contribution in [-0.2, 0) is 0 Å². The summed E-state index contributed by atoms with van der Waals surface area (Å²) in [6.07, 6.45) is 3.07. The number of benzene rings is 1. The second-order valence-corrected chi connectivity index (χ2v) is 5.44. The summed E-state index contributed by atoms with van der Waals surface area (Å²) in [7, 11) is 0. The lowest BCUT2D eigenvalue weighted by atomic mass is 10.1. The third-order valence-corrected chi connectivity index (χ3v) is 3.76. The predicted octanol–water partition coefficient (Wildman–Crippen LogP) is 3.02. The van der Waals surface area contributed by atoms with Gasteiger partial charge in [-0.15, -0.1) is 0 Å². The van der Waals surface area contributed by atoms with Crippen LogP contribution in [0.25, 0.3) is 0 Å². The minimum absolute atomic E-state index is 0.458. The molecule has 0 bridgehead atoms. The van der Waals surface area contributed by atoms with E-state index in [2.05, 4.69) is 10.4 Å². The van der Waals surface area contributed by atoms with Gasteiger partial charge in [-0.1, -0.05) is 29.6 Å². The summed E-state index contributed by atoms with van der Waals surface area (Å²) >= 11 is 12.0. The van der Waals surface area contributed by atoms with E-state index in [4.69, 9.17) is 23.2 Å². The molecule has 0 amide bonds. The second-order valence-electron chi connectivity index (χ2n) is 4.59. The number of aliphatic hydroxyl groups excluding tert-OH is 1. The van der Waals surface area contributed by atoms with Gasteiger partial charge in [-0.2, -0.15) is 0 Å². The normalized spacial score (nSPS) is 18.8. The number of rotatable bonds is 4. The first-order valence-corrected chi connectivity index (χ1v) is 7.04. The molecular weight excluding hydrogens is 271 g/mol. The van der Waals surface area contributed by atoms with Crippen molar-refractivity contribution < 1.29 is 5.11 Å². The van der Waals surface area contributed by atoms with Crippen molar-refractivity contribution >= 4 is 23.2 Å². The molecule has 1 atom stereocenters. The van der Waals surface area contributed by atoms with Gasteiger partial charge in [-0.3, -0.25) is 5.43 Å². The van der Waals surface area contributed by atoms with Crippen LogP contribution in [0.1, 0.15) is 30.9 Å². The van der Waals surface area contributed by atoms with Crippen LogP contribution in [0, 0.1) is 0 Å². The van der Waals surface area contributed by atoms with E-state index in [1.165, 1.54) is 19.3 Å². The summed E-state index contributed by atoms with van der Waals surface area (Å²) in [5, 5.41) is 13.4. The third kappa shape index (κ3) is 3.84. The Morgan fingerprint density at radius 3 is 2.67 bits per heavy atom. The highest BCUT2D eigenvalue weighted by Gasteiger charge is 2.15. The maximum Gasteiger partial charge on any atom is 0.0943 e. The smallest absolute Gasteiger partial charge is 0.0943 e. The van der Waals surface area contributed by atoms with Gasteiger partial charge in [0, 0.05) is 35.2 Å². The van der Waals surface area contributed by atoms with Crippen LogP contribution >= 0.6 is 23.2 Å². The van der Waals surface area contributed by atoms with E-state index in [0.29, 0.717) is 22.2 Å². The zero-order valence-corrected chi connectivity index (χ0v) is 11.7. The van der Waals surface area contributed by atoms with Crippen LogP contribution in [0.4, 0.5) is 0 Å². The highest BCUT2D eigenvalue weighted by atomic mass is 35.5. The average Bonchev–Trinajstić information content (AvgIpc) is 2.40. The molecule has 1 fully saturated rings. The molecule has 5 heteroatoms. The predicted molar refractivity (Wildman–Crippen MR) is 74.8 cm³/mol. The molecule has 2 rings (SSSR count). The molecule has 1 saturated heterocycles. The average molecular weight is 289 g/mol. The van der Waals surface area contributed by atoms with E-state index in [9.17, 15) is 5.11 Å². The molecule has 0 radical (unpaired) electrons. The van der Waals surface area contributed by atoms with Crippen LogP contribution in [0.3, 0.4) is 0 Å². The quantitative estimate of drug-likeness (QED) is 0.894. The molecule has 1 aliphatic heterocycles. The van der Waals surface area contributed by atoms with Crippen molar-refractivity contribution in [3.05, 3.63) is 33.8 Å². The standard InChI is InChI=1S/C13H18Cl2N2O/c14-10-4-5-12(15)11(8-10)13(18)9-16-17-6-2-1-3-7-17/h4-5,8,13,16,18H,1-3,6-7,9H2. The van der Waals surface area contributed by atoms with Crippen LogP contribution < -0.4 is 5.43 Å². The summed E-state index contributed by atoms with van der Waals surface area (Å²) in [6, 6.07) is 5.15. The van der Waals surface area contributed by atoms with Gasteiger partial charge in [0.05, 0.1) is 6.10 Å². The zero-order chi connectivity index (χ0) is 13.0. The van der Waals surface area contributed by atoms with Gasteiger partial charge >= 0.3 is 0 Å². The molecular formula is C13H18Cl2N2O. The maximum atomic E-state index is 10.1. The lowest BCUT2D eigenvalue weighted by Gasteiger charge is -2.28. The largest absolute Gasteiger partial charge is 0.387 e. The van der Waals surface area contributed by atoms with Gasteiger partial charge in [0.15, 0.2) is 0 Å². The van der Waals surface area contributed by atoms with Crippen LogP contribution in [0.2, 0.25) is 10.0 Å². The van der Waals surface area contributed by atoms with Crippen molar-refractivity contribution in [3.8, 4) is 0 Å². The Bertz CT molecular complexity index is 395. The Kier molecular flexibility index (Phi) is 5.27. The molecule has 0 saturated carbocycles. The summed E-state index contributed by atoms with van der Waals surface area (Å²) < 4.78 is 0. The molecule has 1 aromatic carbocycles. The Hall–Kier alpha value is -0.320. The van der Waals surface area contributed by atoms with E-state index >= 15 is 0 Å². The number of nitrogens with zero attached hydrogens (tertiary/aromatic N) is 1. The summed E-state index contributed by atoms with van der Waals surface area (Å²) in [6.45, 7) is 2.53. The topological polar surface area (TPSA) is 35.5 Å². The lowest BCUT2D eigenvalue weighted by molar-refractivity contribution is 0.0997. The van der Waals surface area contributed by atoms with E-state index < -0.39 is 6.10 Å². The summed E-state index contributed by atoms with van der Waals surface area (Å²) in [4.78, 5) is 0. The number of hydrogen-bond acceptors (Lipinski definition) is 3. The minimum Gasteiger partial charge on any atom is -0.387 e. The lowest BCUT2D eigenvalue weighted by Crippen LogP contribution is -2.43. The molecule has 18 heavy (non-hydrogen) atoms. The van der Waals surface area contributed by atoms with Crippen molar-refractivity contribution in [1.82, 2.24) is 10.4 Å². The molecule has 1 aliphatic rings. The third-order valence-electron chi connectivity index (χ3n) is 3.18. The zero-order valence-electron chi connectivity index (χ0n) is 10.2. The van der Waals surface area contributed by atoms with Crippen molar-refractivity contribution in [1.29, 1.82) is 0 Å². The highest BCUT2D eigenvalue weighted by molar-refractivity contribution is 6.33. The summed E-state index contributed by atoms with van der Waals surface area (Å²) in [5.41, 5.74) is 3.92. The monoisotopic (exact) mass is 288 g/mol. The van der Waals surface area contributed by atoms with Crippen LogP contribution in [0.5, 0.6) is 0 Å². The Labute approximate surface area is 118 Å². The van der Waals surface area contributed by atoms with Crippen molar-refractivity contribution in [2.75, 3.05) is 19.6 Å². The fraction of sp³-hybridized carbons (Fsp3) is 0.538. The molecule has 3 nitrogen and oxygen atoms in total. The summed E-state index contributed by atoms with van der Waals surface area (Å²) in [5.74, 6) is 0. The minimum atomic E-state index is -0.641. The Morgan fingerprint density at radius 2 is 1.94 bits per heavy atom. The molecule has 2 N–H and O–H groups in total. The maximum absolute atomic E-state index is 10.1. The van der Waals surface area contributed by atoms with Crippen molar-refractivity contribution in [2.24, 2.45) is 0 Å². The first-order chi connectivity index (χ1) is 8.66. The highest BCUT2D eigenvalue weighted by Crippen LogP contribution is 2.26. The fourth-order valence-electron chi connectivity index (χ4n) is 2.15. The molecule has 0 aromatic heterocycles. The molecule has 1 unspecified atom stereocenters. The van der Waals surface area contributed by atoms with Gasteiger partial charge in [-0.25, -0.2) is 5.01 Å². The van der Waals surface area contributed by atoms with Gasteiger partial charge in [0.1, 0.15) is 0 Å². The number of piperidine rings is 1. The SMILES string of the molecule is OC(CNN1CCCCC1)c1cc(Cl)ccc1Cl. The first-order valence-electron chi connectivity index (χ1n) is 6.28. The van der Waals surface area contributed by atoms with Gasteiger partial charge in [0.25, 0.3) is 0 Å². The number of nitrogens with one attached hydrogen (secondary N) is 1. The number of aliphatic hydroxyl groups is 1.